The van der Waals surface area contributed by atoms with E-state index in [4.69, 9.17) is 14.2 Å². The summed E-state index contributed by atoms with van der Waals surface area (Å²) in [7, 11) is 1.25. The number of hydrogen-bond donors (Lipinski definition) is 2. The van der Waals surface area contributed by atoms with Gasteiger partial charge in [0.15, 0.2) is 0 Å². The van der Waals surface area contributed by atoms with Gasteiger partial charge in [0.05, 0.1) is 48.0 Å². The normalized spacial score (nSPS) is 14.8. The van der Waals surface area contributed by atoms with Crippen molar-refractivity contribution < 1.29 is 28.7 Å². The molecule has 1 aliphatic rings. The van der Waals surface area contributed by atoms with Gasteiger partial charge in [-0.1, -0.05) is 42.5 Å². The summed E-state index contributed by atoms with van der Waals surface area (Å²) in [6.45, 7) is 4.11. The molecule has 1 aliphatic heterocycles. The number of allylic oxidation sites excluding steroid dienone is 2. The second-order valence-electron chi connectivity index (χ2n) is 9.86. The number of H-pyrrole nitrogens is 1. The highest BCUT2D eigenvalue weighted by atomic mass is 16.6. The summed E-state index contributed by atoms with van der Waals surface area (Å²) in [5, 5.41) is 21.7. The zero-order valence-corrected chi connectivity index (χ0v) is 23.8. The van der Waals surface area contributed by atoms with Crippen LogP contribution in [-0.2, 0) is 19.1 Å². The fraction of sp³-hybridized carbons (Fsp3) is 0.323. The Kier molecular flexibility index (Phi) is 10.1. The molecule has 0 amide bonds. The molecule has 1 unspecified atom stereocenters. The zero-order chi connectivity index (χ0) is 30.1. The molecule has 11 heteroatoms. The van der Waals surface area contributed by atoms with Crippen molar-refractivity contribution in [3.8, 4) is 17.1 Å². The summed E-state index contributed by atoms with van der Waals surface area (Å²) >= 11 is 0. The molecule has 1 atom stereocenters. The first-order valence-electron chi connectivity index (χ1n) is 13.7. The van der Waals surface area contributed by atoms with E-state index in [1.807, 2.05) is 36.4 Å². The minimum atomic E-state index is -0.882. The Bertz CT molecular complexity index is 1490. The molecule has 42 heavy (non-hydrogen) atoms. The fourth-order valence-electron chi connectivity index (χ4n) is 4.92. The van der Waals surface area contributed by atoms with Gasteiger partial charge in [0.2, 0.25) is 5.88 Å². The van der Waals surface area contributed by atoms with Crippen molar-refractivity contribution in [1.82, 2.24) is 15.5 Å². The van der Waals surface area contributed by atoms with Crippen LogP contribution in [0.2, 0.25) is 0 Å². The maximum atomic E-state index is 13.3. The Labute approximate surface area is 243 Å². The van der Waals surface area contributed by atoms with Crippen LogP contribution in [0.4, 0.5) is 5.69 Å². The summed E-state index contributed by atoms with van der Waals surface area (Å²) in [5.74, 6) is -1.57. The summed E-state index contributed by atoms with van der Waals surface area (Å²) in [6.07, 6.45) is 3.16. The number of dihydropyridines is 1. The molecular weight excluding hydrogens is 540 g/mol. The summed E-state index contributed by atoms with van der Waals surface area (Å²) in [4.78, 5) is 37.0. The maximum absolute atomic E-state index is 13.3. The Hall–Kier alpha value is -4.93. The topological polar surface area (TPSA) is 146 Å². The number of ether oxygens (including phenoxy) is 3. The molecule has 2 heterocycles. The van der Waals surface area contributed by atoms with Crippen molar-refractivity contribution in [2.45, 2.75) is 45.4 Å². The van der Waals surface area contributed by atoms with Gasteiger partial charge in [0.1, 0.15) is 0 Å². The summed E-state index contributed by atoms with van der Waals surface area (Å²) in [5.41, 5.74) is 3.62. The van der Waals surface area contributed by atoms with Gasteiger partial charge in [-0.3, -0.25) is 15.2 Å². The number of aromatic nitrogens is 2. The van der Waals surface area contributed by atoms with Crippen molar-refractivity contribution in [2.75, 3.05) is 20.3 Å². The minimum Gasteiger partial charge on any atom is -0.477 e. The molecule has 11 nitrogen and oxygen atoms in total. The number of rotatable bonds is 13. The number of nitrogens with zero attached hydrogens (tertiary/aromatic N) is 2. The standard InChI is InChI=1S/C31H34N4O7/c1-20-27(30(36)40-3)29(23-14-11-15-24(18-23)35(38)39)28(21(2)32-20)31(37)42-17-10-5-4-9-16-41-26-19-25(33-34-26)22-12-7-6-8-13-22/h6-8,11-15,18-19,29,32H,4-5,9-10,16-17H2,1-3H3,(H,33,34). The van der Waals surface area contributed by atoms with Gasteiger partial charge in [-0.2, -0.15) is 0 Å². The number of esters is 2. The molecule has 0 saturated heterocycles. The van der Waals surface area contributed by atoms with Crippen LogP contribution in [0.5, 0.6) is 5.88 Å². The lowest BCUT2D eigenvalue weighted by molar-refractivity contribution is -0.384. The highest BCUT2D eigenvalue weighted by Gasteiger charge is 2.38. The van der Waals surface area contributed by atoms with E-state index < -0.39 is 22.8 Å². The van der Waals surface area contributed by atoms with Gasteiger partial charge < -0.3 is 19.5 Å². The van der Waals surface area contributed by atoms with Gasteiger partial charge in [0, 0.05) is 29.6 Å². The maximum Gasteiger partial charge on any atom is 0.336 e. The predicted molar refractivity (Wildman–Crippen MR) is 155 cm³/mol. The first-order chi connectivity index (χ1) is 20.3. The average molecular weight is 575 g/mol. The highest BCUT2D eigenvalue weighted by Crippen LogP contribution is 2.40. The van der Waals surface area contributed by atoms with E-state index in [0.29, 0.717) is 35.9 Å². The number of hydrogen-bond acceptors (Lipinski definition) is 9. The highest BCUT2D eigenvalue weighted by molar-refractivity contribution is 5.99. The Morgan fingerprint density at radius 1 is 0.905 bits per heavy atom. The van der Waals surface area contributed by atoms with Gasteiger partial charge in [0.25, 0.3) is 5.69 Å². The number of carbonyl (C=O) groups excluding carboxylic acids is 2. The summed E-state index contributed by atoms with van der Waals surface area (Å²) < 4.78 is 16.3. The number of carbonyl (C=O) groups is 2. The third-order valence-corrected chi connectivity index (χ3v) is 6.96. The zero-order valence-electron chi connectivity index (χ0n) is 23.8. The van der Waals surface area contributed by atoms with Crippen LogP contribution in [0.3, 0.4) is 0 Å². The molecule has 2 N–H and O–H groups in total. The van der Waals surface area contributed by atoms with E-state index >= 15 is 0 Å². The largest absolute Gasteiger partial charge is 0.477 e. The third-order valence-electron chi connectivity index (χ3n) is 6.96. The molecule has 4 rings (SSSR count). The van der Waals surface area contributed by atoms with Crippen molar-refractivity contribution >= 4 is 17.6 Å². The van der Waals surface area contributed by atoms with Gasteiger partial charge in [-0.25, -0.2) is 9.59 Å². The number of benzene rings is 2. The molecular formula is C31H34N4O7. The van der Waals surface area contributed by atoms with Crippen LogP contribution < -0.4 is 10.1 Å². The average Bonchev–Trinajstić information content (AvgIpc) is 3.47. The monoisotopic (exact) mass is 574 g/mol. The van der Waals surface area contributed by atoms with E-state index in [1.165, 1.54) is 25.3 Å². The number of nitro groups is 1. The van der Waals surface area contributed by atoms with Gasteiger partial charge in [-0.15, -0.1) is 5.10 Å². The molecule has 3 aromatic rings. The number of aromatic amines is 1. The second-order valence-corrected chi connectivity index (χ2v) is 9.86. The molecule has 1 aromatic heterocycles. The van der Waals surface area contributed by atoms with Gasteiger partial charge >= 0.3 is 11.9 Å². The van der Waals surface area contributed by atoms with Crippen LogP contribution in [0, 0.1) is 10.1 Å². The smallest absolute Gasteiger partial charge is 0.336 e. The molecule has 0 radical (unpaired) electrons. The predicted octanol–water partition coefficient (Wildman–Crippen LogP) is 5.58. The van der Waals surface area contributed by atoms with E-state index in [2.05, 4.69) is 15.5 Å². The Morgan fingerprint density at radius 2 is 1.60 bits per heavy atom. The van der Waals surface area contributed by atoms with Crippen LogP contribution >= 0.6 is 0 Å². The number of unbranched alkanes of at least 4 members (excludes halogenated alkanes) is 3. The lowest BCUT2D eigenvalue weighted by atomic mass is 9.80. The summed E-state index contributed by atoms with van der Waals surface area (Å²) in [6, 6.07) is 17.6. The van der Waals surface area contributed by atoms with E-state index in [1.54, 1.807) is 19.9 Å². The van der Waals surface area contributed by atoms with Gasteiger partial charge in [-0.05, 0) is 50.7 Å². The minimum absolute atomic E-state index is 0.147. The molecule has 0 saturated carbocycles. The van der Waals surface area contributed by atoms with Crippen LogP contribution in [0.15, 0.2) is 83.2 Å². The molecule has 0 bridgehead atoms. The van der Waals surface area contributed by atoms with Crippen molar-refractivity contribution in [2.24, 2.45) is 0 Å². The SMILES string of the molecule is COC(=O)C1=C(C)NC(C)=C(C(=O)OCCCCCCOc2cc(-c3ccccc3)[nH]n2)C1c1cccc([N+](=O)[O-])c1. The van der Waals surface area contributed by atoms with Crippen LogP contribution in [0.25, 0.3) is 11.3 Å². The number of methoxy groups -OCH3 is 1. The second kappa shape index (κ2) is 14.1. The van der Waals surface area contributed by atoms with Crippen LogP contribution in [-0.4, -0.2) is 47.4 Å². The van der Waals surface area contributed by atoms with Crippen LogP contribution in [0.1, 0.15) is 51.0 Å². The number of nitrogens with one attached hydrogen (secondary N) is 2. The van der Waals surface area contributed by atoms with E-state index in [0.717, 1.165) is 30.5 Å². The fourth-order valence-corrected chi connectivity index (χ4v) is 4.92. The molecule has 0 fully saturated rings. The van der Waals surface area contributed by atoms with E-state index in [9.17, 15) is 19.7 Å². The number of non-ortho nitro benzene ring substituents is 1. The van der Waals surface area contributed by atoms with Crippen molar-refractivity contribution in [3.05, 3.63) is 98.9 Å². The molecule has 220 valence electrons. The molecule has 0 aliphatic carbocycles. The van der Waals surface area contributed by atoms with E-state index in [-0.39, 0.29) is 23.4 Å². The lowest BCUT2D eigenvalue weighted by Gasteiger charge is -2.30. The Balaban J connectivity index is 1.29. The third kappa shape index (κ3) is 7.22. The quantitative estimate of drug-likeness (QED) is 0.116. The first kappa shape index (κ1) is 30.0. The Morgan fingerprint density at radius 3 is 2.29 bits per heavy atom. The molecule has 2 aromatic carbocycles. The van der Waals surface area contributed by atoms with Crippen molar-refractivity contribution in [1.29, 1.82) is 0 Å². The lowest BCUT2D eigenvalue weighted by Crippen LogP contribution is -2.32. The number of nitro benzene ring substituents is 1. The molecule has 0 spiro atoms. The van der Waals surface area contributed by atoms with Crippen molar-refractivity contribution in [3.63, 3.8) is 0 Å². The first-order valence-corrected chi connectivity index (χ1v) is 13.7.